The molecule has 0 fully saturated rings. The van der Waals surface area contributed by atoms with Crippen LogP contribution in [0.1, 0.15) is 5.56 Å². The average Bonchev–Trinajstić information content (AvgIpc) is 2.90. The summed E-state index contributed by atoms with van der Waals surface area (Å²) in [6.45, 7) is 1.27. The fourth-order valence-corrected chi connectivity index (χ4v) is 3.33. The van der Waals surface area contributed by atoms with Gasteiger partial charge in [-0.05, 0) is 39.7 Å². The van der Waals surface area contributed by atoms with Crippen LogP contribution in [-0.4, -0.2) is 29.0 Å². The molecule has 0 radical (unpaired) electrons. The van der Waals surface area contributed by atoms with Crippen LogP contribution in [0.5, 0.6) is 0 Å². The van der Waals surface area contributed by atoms with E-state index in [2.05, 4.69) is 31.2 Å². The molecule has 5 nitrogen and oxygen atoms in total. The normalized spacial score (nSPS) is 13.4. The Kier molecular flexibility index (Phi) is 3.90. The van der Waals surface area contributed by atoms with Crippen LogP contribution in [0.15, 0.2) is 53.3 Å². The van der Waals surface area contributed by atoms with Crippen LogP contribution in [0.3, 0.4) is 0 Å². The van der Waals surface area contributed by atoms with Crippen LogP contribution in [-0.2, 0) is 11.2 Å². The minimum atomic E-state index is 0.152. The lowest BCUT2D eigenvalue weighted by atomic mass is 10.2. The molecule has 0 spiro atoms. The van der Waals surface area contributed by atoms with Crippen molar-refractivity contribution < 1.29 is 4.79 Å². The molecular formula is C18H15BrN4O. The second-order valence-corrected chi connectivity index (χ2v) is 6.57. The third-order valence-electron chi connectivity index (χ3n) is 4.12. The molecule has 120 valence electrons. The molecule has 0 saturated carbocycles. The Hall–Kier alpha value is -2.47. The zero-order valence-corrected chi connectivity index (χ0v) is 14.5. The lowest BCUT2D eigenvalue weighted by Crippen LogP contribution is -2.31. The van der Waals surface area contributed by atoms with Gasteiger partial charge in [0.15, 0.2) is 0 Å². The van der Waals surface area contributed by atoms with Crippen molar-refractivity contribution in [3.63, 3.8) is 0 Å². The van der Waals surface area contributed by atoms with Crippen LogP contribution in [0.2, 0.25) is 0 Å². The second-order valence-electron chi connectivity index (χ2n) is 5.66. The Balaban J connectivity index is 1.50. The van der Waals surface area contributed by atoms with Crippen molar-refractivity contribution in [1.29, 1.82) is 0 Å². The molecule has 2 aromatic heterocycles. The number of hydrogen-bond acceptors (Lipinski definition) is 4. The number of benzene rings is 1. The zero-order valence-electron chi connectivity index (χ0n) is 12.9. The quantitative estimate of drug-likeness (QED) is 0.751. The number of carbonyl (C=O) groups is 1. The number of para-hydroxylation sites is 1. The predicted molar refractivity (Wildman–Crippen MR) is 98.2 cm³/mol. The number of carbonyl (C=O) groups excluding carboxylic acids is 1. The Morgan fingerprint density at radius 2 is 2.08 bits per heavy atom. The number of aromatic nitrogens is 2. The summed E-state index contributed by atoms with van der Waals surface area (Å²) in [5.74, 6) is 0.152. The van der Waals surface area contributed by atoms with Gasteiger partial charge in [-0.15, -0.1) is 0 Å². The number of fused-ring (bicyclic) bond motifs is 2. The standard InChI is InChI=1S/C18H15BrN4O/c19-13-10-15-18(22-11-13)14(5-6-20-15)21-7-8-23-16-4-2-1-3-12(16)9-17(23)24/h1-6,10-11H,7-9H2,(H,20,21). The highest BCUT2D eigenvalue weighted by atomic mass is 79.9. The Labute approximate surface area is 147 Å². The van der Waals surface area contributed by atoms with Crippen LogP contribution in [0.4, 0.5) is 11.4 Å². The van der Waals surface area contributed by atoms with Crippen molar-refractivity contribution in [2.45, 2.75) is 6.42 Å². The number of amides is 1. The van der Waals surface area contributed by atoms with Gasteiger partial charge in [0.1, 0.15) is 5.52 Å². The molecule has 1 amide bonds. The molecule has 1 aromatic carbocycles. The summed E-state index contributed by atoms with van der Waals surface area (Å²) in [6.07, 6.45) is 4.01. The molecule has 0 aliphatic carbocycles. The monoisotopic (exact) mass is 382 g/mol. The van der Waals surface area contributed by atoms with E-state index in [-0.39, 0.29) is 5.91 Å². The smallest absolute Gasteiger partial charge is 0.231 e. The van der Waals surface area contributed by atoms with Crippen LogP contribution < -0.4 is 10.2 Å². The third-order valence-corrected chi connectivity index (χ3v) is 4.55. The van der Waals surface area contributed by atoms with E-state index in [1.54, 1.807) is 12.4 Å². The van der Waals surface area contributed by atoms with Gasteiger partial charge < -0.3 is 10.2 Å². The van der Waals surface area contributed by atoms with Crippen LogP contribution in [0, 0.1) is 0 Å². The van der Waals surface area contributed by atoms with Crippen molar-refractivity contribution in [2.24, 2.45) is 0 Å². The molecule has 1 aliphatic rings. The first kappa shape index (κ1) is 15.1. The number of rotatable bonds is 4. The highest BCUT2D eigenvalue weighted by molar-refractivity contribution is 9.10. The van der Waals surface area contributed by atoms with Gasteiger partial charge in [-0.1, -0.05) is 18.2 Å². The number of pyridine rings is 2. The van der Waals surface area contributed by atoms with Gasteiger partial charge in [-0.25, -0.2) is 0 Å². The van der Waals surface area contributed by atoms with Gasteiger partial charge in [0, 0.05) is 35.6 Å². The highest BCUT2D eigenvalue weighted by Gasteiger charge is 2.25. The van der Waals surface area contributed by atoms with E-state index in [4.69, 9.17) is 0 Å². The first-order valence-corrected chi connectivity index (χ1v) is 8.54. The molecule has 0 saturated heterocycles. The molecule has 4 rings (SSSR count). The average molecular weight is 383 g/mol. The summed E-state index contributed by atoms with van der Waals surface area (Å²) in [5.41, 5.74) is 4.70. The maximum absolute atomic E-state index is 12.2. The molecule has 0 atom stereocenters. The number of nitrogens with zero attached hydrogens (tertiary/aromatic N) is 3. The highest BCUT2D eigenvalue weighted by Crippen LogP contribution is 2.28. The lowest BCUT2D eigenvalue weighted by Gasteiger charge is -2.18. The lowest BCUT2D eigenvalue weighted by molar-refractivity contribution is -0.117. The van der Waals surface area contributed by atoms with Gasteiger partial charge in [0.05, 0.1) is 17.6 Å². The SMILES string of the molecule is O=C1Cc2ccccc2N1CCNc1ccnc2cc(Br)cnc12. The van der Waals surface area contributed by atoms with E-state index >= 15 is 0 Å². The van der Waals surface area contributed by atoms with Gasteiger partial charge in [0.2, 0.25) is 5.91 Å². The van der Waals surface area contributed by atoms with E-state index in [0.717, 1.165) is 32.4 Å². The van der Waals surface area contributed by atoms with Crippen molar-refractivity contribution in [1.82, 2.24) is 9.97 Å². The molecule has 3 aromatic rings. The van der Waals surface area contributed by atoms with E-state index < -0.39 is 0 Å². The maximum Gasteiger partial charge on any atom is 0.231 e. The van der Waals surface area contributed by atoms with Crippen molar-refractivity contribution >= 4 is 44.2 Å². The summed E-state index contributed by atoms with van der Waals surface area (Å²) < 4.78 is 0.902. The summed E-state index contributed by atoms with van der Waals surface area (Å²) in [5, 5.41) is 3.37. The predicted octanol–water partition coefficient (Wildman–Crippen LogP) is 3.39. The fraction of sp³-hybridized carbons (Fsp3) is 0.167. The maximum atomic E-state index is 12.2. The third kappa shape index (κ3) is 2.73. The Bertz CT molecular complexity index is 928. The number of hydrogen-bond donors (Lipinski definition) is 1. The van der Waals surface area contributed by atoms with Crippen LogP contribution >= 0.6 is 15.9 Å². The zero-order chi connectivity index (χ0) is 16.5. The minimum absolute atomic E-state index is 0.152. The molecule has 1 N–H and O–H groups in total. The molecule has 3 heterocycles. The summed E-state index contributed by atoms with van der Waals surface area (Å²) >= 11 is 3.41. The molecule has 6 heteroatoms. The van der Waals surface area contributed by atoms with Gasteiger partial charge in [-0.2, -0.15) is 0 Å². The molecule has 0 bridgehead atoms. The summed E-state index contributed by atoms with van der Waals surface area (Å²) in [6, 6.07) is 11.8. The van der Waals surface area contributed by atoms with Gasteiger partial charge >= 0.3 is 0 Å². The number of nitrogens with one attached hydrogen (secondary N) is 1. The molecule has 0 unspecified atom stereocenters. The fourth-order valence-electron chi connectivity index (χ4n) is 3.01. The van der Waals surface area contributed by atoms with E-state index in [0.29, 0.717) is 19.5 Å². The first-order valence-electron chi connectivity index (χ1n) is 7.75. The topological polar surface area (TPSA) is 58.1 Å². The van der Waals surface area contributed by atoms with Crippen molar-refractivity contribution in [2.75, 3.05) is 23.3 Å². The van der Waals surface area contributed by atoms with Gasteiger partial charge in [-0.3, -0.25) is 14.8 Å². The second kappa shape index (κ2) is 6.20. The summed E-state index contributed by atoms with van der Waals surface area (Å²) in [7, 11) is 0. The summed E-state index contributed by atoms with van der Waals surface area (Å²) in [4.78, 5) is 22.8. The first-order chi connectivity index (χ1) is 11.7. The number of halogens is 1. The van der Waals surface area contributed by atoms with E-state index in [1.807, 2.05) is 41.3 Å². The van der Waals surface area contributed by atoms with Gasteiger partial charge in [0.25, 0.3) is 0 Å². The van der Waals surface area contributed by atoms with E-state index in [9.17, 15) is 4.79 Å². The van der Waals surface area contributed by atoms with Crippen molar-refractivity contribution in [3.8, 4) is 0 Å². The molecular weight excluding hydrogens is 368 g/mol. The van der Waals surface area contributed by atoms with Crippen LogP contribution in [0.25, 0.3) is 11.0 Å². The molecule has 1 aliphatic heterocycles. The molecule has 24 heavy (non-hydrogen) atoms. The van der Waals surface area contributed by atoms with Crippen molar-refractivity contribution in [3.05, 3.63) is 58.8 Å². The largest absolute Gasteiger partial charge is 0.381 e. The van der Waals surface area contributed by atoms with E-state index in [1.165, 1.54) is 0 Å². The number of anilines is 2. The Morgan fingerprint density at radius 1 is 1.21 bits per heavy atom. The Morgan fingerprint density at radius 3 is 3.00 bits per heavy atom. The minimum Gasteiger partial charge on any atom is -0.381 e.